The molecule has 0 aromatic heterocycles. The number of Topliss-reactive ketones (excluding diaryl/α,β-unsaturated/α-hetero) is 1. The zero-order valence-electron chi connectivity index (χ0n) is 17.6. The molecule has 1 aliphatic heterocycles. The molecule has 0 saturated carbocycles. The second-order valence-corrected chi connectivity index (χ2v) is 8.50. The zero-order chi connectivity index (χ0) is 22.5. The monoisotopic (exact) mass is 427 g/mol. The number of hydrogen-bond acceptors (Lipinski definition) is 6. The van der Waals surface area contributed by atoms with Crippen LogP contribution in [0.4, 0.5) is 13.6 Å². The molecule has 30 heavy (non-hydrogen) atoms. The van der Waals surface area contributed by atoms with Crippen LogP contribution in [0.15, 0.2) is 18.2 Å². The van der Waals surface area contributed by atoms with Crippen LogP contribution in [0.25, 0.3) is 0 Å². The third-order valence-corrected chi connectivity index (χ3v) is 4.80. The summed E-state index contributed by atoms with van der Waals surface area (Å²) in [7, 11) is 0. The Balaban J connectivity index is 2.12. The van der Waals surface area contributed by atoms with Gasteiger partial charge >= 0.3 is 12.1 Å². The summed E-state index contributed by atoms with van der Waals surface area (Å²) in [5, 5.41) is 2.53. The van der Waals surface area contributed by atoms with E-state index in [0.717, 1.165) is 18.2 Å². The number of esters is 1. The number of carbonyl (C=O) groups is 3. The Morgan fingerprint density at radius 3 is 2.43 bits per heavy atom. The minimum Gasteiger partial charge on any atom is -0.456 e. The highest BCUT2D eigenvalue weighted by Gasteiger charge is 2.43. The van der Waals surface area contributed by atoms with Gasteiger partial charge in [0.1, 0.15) is 23.3 Å². The highest BCUT2D eigenvalue weighted by Crippen LogP contribution is 2.34. The third-order valence-electron chi connectivity index (χ3n) is 4.80. The van der Waals surface area contributed by atoms with Crippen molar-refractivity contribution in [1.82, 2.24) is 5.32 Å². The number of amides is 1. The summed E-state index contributed by atoms with van der Waals surface area (Å²) in [5.41, 5.74) is -1.99. The molecule has 1 amide bonds. The fourth-order valence-electron chi connectivity index (χ4n) is 3.08. The molecule has 1 heterocycles. The van der Waals surface area contributed by atoms with Gasteiger partial charge < -0.3 is 19.5 Å². The molecule has 1 atom stereocenters. The van der Waals surface area contributed by atoms with E-state index in [0.29, 0.717) is 26.1 Å². The average Bonchev–Trinajstić information content (AvgIpc) is 2.65. The lowest BCUT2D eigenvalue weighted by Gasteiger charge is -2.39. The molecule has 1 aromatic carbocycles. The van der Waals surface area contributed by atoms with E-state index in [9.17, 15) is 23.2 Å². The summed E-state index contributed by atoms with van der Waals surface area (Å²) >= 11 is 0. The SMILES string of the molecule is CC(C)(C)OC(=O)NC(C(=O)OCC(=O)c1cc(F)ccc1F)C1(C)CCOCC1. The Bertz CT molecular complexity index is 799. The van der Waals surface area contributed by atoms with Gasteiger partial charge in [0.15, 0.2) is 6.61 Å². The van der Waals surface area contributed by atoms with Crippen LogP contribution in [-0.4, -0.2) is 49.3 Å². The average molecular weight is 427 g/mol. The number of halogens is 2. The Morgan fingerprint density at radius 1 is 1.20 bits per heavy atom. The molecule has 7 nitrogen and oxygen atoms in total. The van der Waals surface area contributed by atoms with E-state index in [1.54, 1.807) is 27.7 Å². The smallest absolute Gasteiger partial charge is 0.408 e. The van der Waals surface area contributed by atoms with Crippen molar-refractivity contribution in [3.8, 4) is 0 Å². The fraction of sp³-hybridized carbons (Fsp3) is 0.571. The van der Waals surface area contributed by atoms with E-state index >= 15 is 0 Å². The number of ether oxygens (including phenoxy) is 3. The van der Waals surface area contributed by atoms with Crippen LogP contribution in [0, 0.1) is 17.0 Å². The predicted octanol–water partition coefficient (Wildman–Crippen LogP) is 3.40. The highest BCUT2D eigenvalue weighted by atomic mass is 19.1. The van der Waals surface area contributed by atoms with Gasteiger partial charge in [0.25, 0.3) is 0 Å². The zero-order valence-corrected chi connectivity index (χ0v) is 17.6. The van der Waals surface area contributed by atoms with Gasteiger partial charge in [-0.2, -0.15) is 0 Å². The van der Waals surface area contributed by atoms with Gasteiger partial charge in [0.05, 0.1) is 5.56 Å². The molecule has 166 valence electrons. The topological polar surface area (TPSA) is 90.9 Å². The summed E-state index contributed by atoms with van der Waals surface area (Å²) in [4.78, 5) is 37.2. The van der Waals surface area contributed by atoms with Gasteiger partial charge in [0.2, 0.25) is 5.78 Å². The van der Waals surface area contributed by atoms with E-state index in [2.05, 4.69) is 5.32 Å². The van der Waals surface area contributed by atoms with Crippen molar-refractivity contribution in [1.29, 1.82) is 0 Å². The fourth-order valence-corrected chi connectivity index (χ4v) is 3.08. The van der Waals surface area contributed by atoms with Gasteiger partial charge in [-0.15, -0.1) is 0 Å². The van der Waals surface area contributed by atoms with Crippen molar-refractivity contribution in [2.24, 2.45) is 5.41 Å². The molecule has 2 rings (SSSR count). The number of carbonyl (C=O) groups excluding carboxylic acids is 3. The van der Waals surface area contributed by atoms with Crippen LogP contribution in [0.1, 0.15) is 50.9 Å². The largest absolute Gasteiger partial charge is 0.456 e. The number of ketones is 1. The molecule has 0 bridgehead atoms. The molecule has 1 N–H and O–H groups in total. The van der Waals surface area contributed by atoms with Crippen LogP contribution < -0.4 is 5.32 Å². The van der Waals surface area contributed by atoms with Gasteiger partial charge in [0, 0.05) is 18.6 Å². The lowest BCUT2D eigenvalue weighted by atomic mass is 9.75. The van der Waals surface area contributed by atoms with E-state index in [-0.39, 0.29) is 0 Å². The standard InChI is InChI=1S/C21H27F2NO6/c1-20(2,3)30-19(27)24-17(21(4)7-9-28-10-8-21)18(26)29-12-16(25)14-11-13(22)5-6-15(14)23/h5-6,11,17H,7-10,12H2,1-4H3,(H,24,27). The van der Waals surface area contributed by atoms with E-state index < -0.39 is 58.7 Å². The van der Waals surface area contributed by atoms with Crippen molar-refractivity contribution in [3.63, 3.8) is 0 Å². The Labute approximate surface area is 174 Å². The number of hydrogen-bond donors (Lipinski definition) is 1. The van der Waals surface area contributed by atoms with Crippen LogP contribution in [0.5, 0.6) is 0 Å². The molecule has 1 unspecified atom stereocenters. The highest BCUT2D eigenvalue weighted by molar-refractivity contribution is 5.98. The van der Waals surface area contributed by atoms with Gasteiger partial charge in [-0.1, -0.05) is 6.92 Å². The van der Waals surface area contributed by atoms with Crippen LogP contribution in [-0.2, 0) is 19.0 Å². The summed E-state index contributed by atoms with van der Waals surface area (Å²) < 4.78 is 42.7. The van der Waals surface area contributed by atoms with Crippen molar-refractivity contribution in [2.45, 2.75) is 52.2 Å². The molecule has 0 spiro atoms. The number of benzene rings is 1. The maximum atomic E-state index is 13.8. The van der Waals surface area contributed by atoms with Crippen molar-refractivity contribution < 1.29 is 37.4 Å². The van der Waals surface area contributed by atoms with Crippen molar-refractivity contribution in [2.75, 3.05) is 19.8 Å². The molecule has 1 aromatic rings. The Morgan fingerprint density at radius 2 is 1.83 bits per heavy atom. The maximum absolute atomic E-state index is 13.8. The van der Waals surface area contributed by atoms with Gasteiger partial charge in [-0.05, 0) is 51.8 Å². The van der Waals surface area contributed by atoms with Gasteiger partial charge in [-0.25, -0.2) is 18.4 Å². The first kappa shape index (κ1) is 23.7. The number of rotatable bonds is 6. The molecule has 0 aliphatic carbocycles. The molecule has 1 saturated heterocycles. The molecule has 1 aliphatic rings. The minimum atomic E-state index is -1.11. The van der Waals surface area contributed by atoms with Gasteiger partial charge in [-0.3, -0.25) is 4.79 Å². The summed E-state index contributed by atoms with van der Waals surface area (Å²) in [6, 6.07) is 1.33. The van der Waals surface area contributed by atoms with Crippen molar-refractivity contribution >= 4 is 17.8 Å². The molecular formula is C21H27F2NO6. The first-order valence-corrected chi connectivity index (χ1v) is 9.63. The van der Waals surface area contributed by atoms with Crippen LogP contribution >= 0.6 is 0 Å². The molecular weight excluding hydrogens is 400 g/mol. The van der Waals surface area contributed by atoms with E-state index in [4.69, 9.17) is 14.2 Å². The third kappa shape index (κ3) is 6.48. The van der Waals surface area contributed by atoms with E-state index in [1.165, 1.54) is 0 Å². The van der Waals surface area contributed by atoms with Crippen molar-refractivity contribution in [3.05, 3.63) is 35.4 Å². The lowest BCUT2D eigenvalue weighted by Crippen LogP contribution is -2.55. The molecule has 1 fully saturated rings. The molecule has 9 heteroatoms. The van der Waals surface area contributed by atoms with Crippen LogP contribution in [0.2, 0.25) is 0 Å². The second kappa shape index (κ2) is 9.51. The van der Waals surface area contributed by atoms with E-state index in [1.807, 2.05) is 0 Å². The minimum absolute atomic E-state index is 0.393. The maximum Gasteiger partial charge on any atom is 0.408 e. The summed E-state index contributed by atoms with van der Waals surface area (Å²) in [5.74, 6) is -3.47. The quantitative estimate of drug-likeness (QED) is 0.553. The summed E-state index contributed by atoms with van der Waals surface area (Å²) in [6.07, 6.45) is 0.129. The molecule has 0 radical (unpaired) electrons. The first-order chi connectivity index (χ1) is 13.9. The predicted molar refractivity (Wildman–Crippen MR) is 103 cm³/mol. The second-order valence-electron chi connectivity index (χ2n) is 8.50. The van der Waals surface area contributed by atoms with Crippen LogP contribution in [0.3, 0.4) is 0 Å². The summed E-state index contributed by atoms with van der Waals surface area (Å²) in [6.45, 7) is 6.84. The number of alkyl carbamates (subject to hydrolysis) is 1. The Hall–Kier alpha value is -2.55. The first-order valence-electron chi connectivity index (χ1n) is 9.63. The Kier molecular flexibility index (Phi) is 7.52. The normalized spacial score (nSPS) is 17.0. The lowest BCUT2D eigenvalue weighted by molar-refractivity contribution is -0.150. The number of nitrogens with one attached hydrogen (secondary N) is 1.